The van der Waals surface area contributed by atoms with Crippen molar-refractivity contribution in [2.24, 2.45) is 5.92 Å². The number of rotatable bonds is 6. The highest BCUT2D eigenvalue weighted by Gasteiger charge is 2.46. The third-order valence-corrected chi connectivity index (χ3v) is 4.07. The van der Waals surface area contributed by atoms with E-state index in [1.807, 2.05) is 6.92 Å². The Kier molecular flexibility index (Phi) is 3.93. The number of thioether (sulfide) groups is 1. The van der Waals surface area contributed by atoms with Crippen molar-refractivity contribution in [3.05, 3.63) is 5.82 Å². The molecule has 5 nitrogen and oxygen atoms in total. The Bertz CT molecular complexity index is 446. The molecule has 0 aliphatic heterocycles. The fraction of sp³-hybridized carbons (Fsp3) is 0.750. The zero-order valence-corrected chi connectivity index (χ0v) is 11.8. The maximum Gasteiger partial charge on any atom is 0.208 e. The van der Waals surface area contributed by atoms with E-state index in [9.17, 15) is 5.26 Å². The zero-order valence-electron chi connectivity index (χ0n) is 11.0. The molecule has 1 aromatic heterocycles. The Morgan fingerprint density at radius 2 is 2.33 bits per heavy atom. The van der Waals surface area contributed by atoms with Gasteiger partial charge in [-0.2, -0.15) is 5.26 Å². The Labute approximate surface area is 112 Å². The first-order valence-electron chi connectivity index (χ1n) is 6.26. The number of nitriles is 1. The van der Waals surface area contributed by atoms with Crippen LogP contribution >= 0.6 is 11.8 Å². The Morgan fingerprint density at radius 1 is 1.61 bits per heavy atom. The number of hydrogen-bond donors (Lipinski definition) is 2. The molecule has 1 fully saturated rings. The number of H-pyrrole nitrogens is 1. The molecule has 0 aromatic carbocycles. The highest BCUT2D eigenvalue weighted by molar-refractivity contribution is 7.99. The van der Waals surface area contributed by atoms with Gasteiger partial charge in [0.15, 0.2) is 0 Å². The van der Waals surface area contributed by atoms with Crippen LogP contribution in [0.5, 0.6) is 0 Å². The molecule has 18 heavy (non-hydrogen) atoms. The topological polar surface area (TPSA) is 77.4 Å². The summed E-state index contributed by atoms with van der Waals surface area (Å²) in [6.45, 7) is 6.04. The van der Waals surface area contributed by atoms with Gasteiger partial charge >= 0.3 is 0 Å². The van der Waals surface area contributed by atoms with Crippen molar-refractivity contribution in [1.82, 2.24) is 20.5 Å². The summed E-state index contributed by atoms with van der Waals surface area (Å²) >= 11 is 1.54. The lowest BCUT2D eigenvalue weighted by molar-refractivity contribution is 0.370. The Balaban J connectivity index is 2.03. The van der Waals surface area contributed by atoms with Gasteiger partial charge in [0, 0.05) is 11.8 Å². The molecule has 0 amide bonds. The van der Waals surface area contributed by atoms with E-state index in [-0.39, 0.29) is 0 Å². The van der Waals surface area contributed by atoms with Crippen molar-refractivity contribution in [1.29, 1.82) is 5.26 Å². The van der Waals surface area contributed by atoms with Crippen molar-refractivity contribution < 1.29 is 0 Å². The van der Waals surface area contributed by atoms with Gasteiger partial charge in [-0.05, 0) is 39.5 Å². The van der Waals surface area contributed by atoms with Gasteiger partial charge in [0.25, 0.3) is 0 Å². The number of hydrogen-bond acceptors (Lipinski definition) is 5. The van der Waals surface area contributed by atoms with Gasteiger partial charge in [0.2, 0.25) is 5.16 Å². The van der Waals surface area contributed by atoms with Crippen LogP contribution in [0, 0.1) is 24.2 Å². The van der Waals surface area contributed by atoms with E-state index in [1.165, 1.54) is 0 Å². The van der Waals surface area contributed by atoms with E-state index in [4.69, 9.17) is 0 Å². The number of aromatic nitrogens is 3. The van der Waals surface area contributed by atoms with E-state index >= 15 is 0 Å². The first kappa shape index (κ1) is 13.4. The van der Waals surface area contributed by atoms with E-state index in [0.717, 1.165) is 23.8 Å². The van der Waals surface area contributed by atoms with Crippen LogP contribution in [0.25, 0.3) is 0 Å². The Morgan fingerprint density at radius 3 is 2.78 bits per heavy atom. The first-order valence-corrected chi connectivity index (χ1v) is 7.25. The van der Waals surface area contributed by atoms with Crippen LogP contribution in [0.15, 0.2) is 5.16 Å². The molecular formula is C12H19N5S. The molecular weight excluding hydrogens is 246 g/mol. The number of aromatic amines is 1. The molecule has 6 heteroatoms. The standard InChI is InChI=1S/C12H19N5S/c1-8(2)15-12(6-13,10-4-5-10)7-18-11-14-9(3)16-17-11/h8,10,15H,4-5,7H2,1-3H3,(H,14,16,17). The maximum atomic E-state index is 9.54. The van der Waals surface area contributed by atoms with E-state index in [1.54, 1.807) is 11.8 Å². The van der Waals surface area contributed by atoms with Gasteiger partial charge in [-0.25, -0.2) is 4.98 Å². The quantitative estimate of drug-likeness (QED) is 0.768. The van der Waals surface area contributed by atoms with Crippen molar-refractivity contribution in [2.75, 3.05) is 5.75 Å². The highest BCUT2D eigenvalue weighted by atomic mass is 32.2. The molecule has 1 unspecified atom stereocenters. The molecule has 1 aliphatic rings. The molecule has 0 spiro atoms. The van der Waals surface area contributed by atoms with Crippen molar-refractivity contribution in [2.45, 2.75) is 50.4 Å². The van der Waals surface area contributed by atoms with Crippen LogP contribution in [-0.4, -0.2) is 32.5 Å². The molecule has 2 rings (SSSR count). The first-order chi connectivity index (χ1) is 8.55. The third-order valence-electron chi connectivity index (χ3n) is 3.03. The van der Waals surface area contributed by atoms with Crippen LogP contribution in [0.4, 0.5) is 0 Å². The summed E-state index contributed by atoms with van der Waals surface area (Å²) in [6, 6.07) is 2.79. The van der Waals surface area contributed by atoms with Crippen molar-refractivity contribution in [3.8, 4) is 6.07 Å². The lowest BCUT2D eigenvalue weighted by Crippen LogP contribution is -2.51. The van der Waals surface area contributed by atoms with Gasteiger partial charge in [-0.1, -0.05) is 11.8 Å². The average molecular weight is 265 g/mol. The minimum Gasteiger partial charge on any atom is -0.296 e. The summed E-state index contributed by atoms with van der Waals surface area (Å²) in [5.74, 6) is 1.98. The predicted molar refractivity (Wildman–Crippen MR) is 71.2 cm³/mol. The van der Waals surface area contributed by atoms with Crippen LogP contribution < -0.4 is 5.32 Å². The summed E-state index contributed by atoms with van der Waals surface area (Å²) in [6.07, 6.45) is 2.28. The van der Waals surface area contributed by atoms with Gasteiger partial charge in [0.1, 0.15) is 11.4 Å². The van der Waals surface area contributed by atoms with Crippen LogP contribution in [0.1, 0.15) is 32.5 Å². The van der Waals surface area contributed by atoms with E-state index in [2.05, 4.69) is 40.4 Å². The molecule has 0 saturated heterocycles. The second-order valence-corrected chi connectivity index (χ2v) is 6.09. The molecule has 1 aromatic rings. The molecule has 1 heterocycles. The second-order valence-electron chi connectivity index (χ2n) is 5.15. The molecule has 0 bridgehead atoms. The van der Waals surface area contributed by atoms with Gasteiger partial charge in [-0.15, -0.1) is 5.10 Å². The summed E-state index contributed by atoms with van der Waals surface area (Å²) in [7, 11) is 0. The van der Waals surface area contributed by atoms with E-state index < -0.39 is 5.54 Å². The second kappa shape index (κ2) is 5.29. The van der Waals surface area contributed by atoms with Gasteiger partial charge in [0.05, 0.1) is 6.07 Å². The fourth-order valence-corrected chi connectivity index (χ4v) is 3.14. The van der Waals surface area contributed by atoms with Crippen molar-refractivity contribution in [3.63, 3.8) is 0 Å². The van der Waals surface area contributed by atoms with Crippen LogP contribution in [-0.2, 0) is 0 Å². The summed E-state index contributed by atoms with van der Waals surface area (Å²) in [5, 5.41) is 20.6. The summed E-state index contributed by atoms with van der Waals surface area (Å²) in [4.78, 5) is 4.27. The molecule has 1 saturated carbocycles. The largest absolute Gasteiger partial charge is 0.296 e. The van der Waals surface area contributed by atoms with Crippen LogP contribution in [0.2, 0.25) is 0 Å². The number of nitrogens with zero attached hydrogens (tertiary/aromatic N) is 3. The SMILES string of the molecule is Cc1nc(SCC(C#N)(NC(C)C)C2CC2)n[nH]1. The maximum absolute atomic E-state index is 9.54. The molecule has 98 valence electrons. The molecule has 1 aliphatic carbocycles. The van der Waals surface area contributed by atoms with E-state index in [0.29, 0.717) is 17.7 Å². The predicted octanol–water partition coefficient (Wildman–Crippen LogP) is 1.88. The van der Waals surface area contributed by atoms with Gasteiger partial charge in [-0.3, -0.25) is 10.4 Å². The molecule has 2 N–H and O–H groups in total. The fourth-order valence-electron chi connectivity index (χ4n) is 2.09. The monoisotopic (exact) mass is 265 g/mol. The minimum atomic E-state index is -0.437. The smallest absolute Gasteiger partial charge is 0.208 e. The number of aryl methyl sites for hydroxylation is 1. The lowest BCUT2D eigenvalue weighted by atomic mass is 9.96. The third kappa shape index (κ3) is 3.03. The average Bonchev–Trinajstić information content (AvgIpc) is 3.09. The normalized spacial score (nSPS) is 18.6. The lowest BCUT2D eigenvalue weighted by Gasteiger charge is -2.29. The van der Waals surface area contributed by atoms with Crippen molar-refractivity contribution >= 4 is 11.8 Å². The van der Waals surface area contributed by atoms with Gasteiger partial charge < -0.3 is 0 Å². The van der Waals surface area contributed by atoms with Crippen LogP contribution in [0.3, 0.4) is 0 Å². The highest BCUT2D eigenvalue weighted by Crippen LogP contribution is 2.42. The summed E-state index contributed by atoms with van der Waals surface area (Å²) in [5.41, 5.74) is -0.437. The summed E-state index contributed by atoms with van der Waals surface area (Å²) < 4.78 is 0. The molecule has 0 radical (unpaired) electrons. The number of nitrogens with one attached hydrogen (secondary N) is 2. The zero-order chi connectivity index (χ0) is 13.2. The molecule has 1 atom stereocenters. The minimum absolute atomic E-state index is 0.305. The Hall–Kier alpha value is -1.06.